The van der Waals surface area contributed by atoms with E-state index in [1.165, 1.54) is 31.2 Å². The number of Topliss-reactive ketones (excluding diaryl/α,β-unsaturated/α-hetero) is 1. The van der Waals surface area contributed by atoms with E-state index in [0.717, 1.165) is 0 Å². The molecule has 0 bridgehead atoms. The van der Waals surface area contributed by atoms with E-state index in [-0.39, 0.29) is 37.6 Å². The van der Waals surface area contributed by atoms with Crippen LogP contribution in [0.4, 0.5) is 11.4 Å². The van der Waals surface area contributed by atoms with Crippen molar-refractivity contribution in [2.24, 2.45) is 0 Å². The van der Waals surface area contributed by atoms with E-state index in [1.807, 2.05) is 0 Å². The second-order valence-corrected chi connectivity index (χ2v) is 7.04. The third-order valence-electron chi connectivity index (χ3n) is 4.40. The molecule has 0 aliphatic heterocycles. The number of hydrogen-bond donors (Lipinski definition) is 2. The van der Waals surface area contributed by atoms with Crippen molar-refractivity contribution in [3.63, 3.8) is 0 Å². The maximum Gasteiger partial charge on any atom is 0.338 e. The average Bonchev–Trinajstić information content (AvgIpc) is 2.78. The Morgan fingerprint density at radius 1 is 0.727 bits per heavy atom. The molecular formula is C24H26N2O7. The molecule has 0 aliphatic rings. The fourth-order valence-electron chi connectivity index (χ4n) is 2.72. The van der Waals surface area contributed by atoms with Gasteiger partial charge in [-0.2, -0.15) is 0 Å². The first-order chi connectivity index (χ1) is 15.8. The zero-order valence-corrected chi connectivity index (χ0v) is 18.5. The Labute approximate surface area is 191 Å². The SMILES string of the molecule is CCOC(=O)c1ccc(NC(=O)COC(=O)CCCC(=O)Nc2ccc(C(C)=O)cc2)cc1. The van der Waals surface area contributed by atoms with E-state index in [2.05, 4.69) is 10.6 Å². The maximum absolute atomic E-state index is 12.0. The number of benzene rings is 2. The van der Waals surface area contributed by atoms with Gasteiger partial charge in [-0.05, 0) is 68.8 Å². The Morgan fingerprint density at radius 3 is 1.82 bits per heavy atom. The number of esters is 2. The molecule has 0 atom stereocenters. The number of hydrogen-bond acceptors (Lipinski definition) is 7. The molecule has 2 aromatic carbocycles. The van der Waals surface area contributed by atoms with Crippen molar-refractivity contribution < 1.29 is 33.4 Å². The molecule has 0 aromatic heterocycles. The number of ketones is 1. The first-order valence-electron chi connectivity index (χ1n) is 10.4. The molecule has 33 heavy (non-hydrogen) atoms. The minimum absolute atomic E-state index is 0.0157. The van der Waals surface area contributed by atoms with Crippen molar-refractivity contribution in [2.45, 2.75) is 33.1 Å². The molecule has 0 saturated carbocycles. The topological polar surface area (TPSA) is 128 Å². The third kappa shape index (κ3) is 8.94. The van der Waals surface area contributed by atoms with Crippen molar-refractivity contribution in [1.29, 1.82) is 0 Å². The predicted octanol–water partition coefficient (Wildman–Crippen LogP) is 3.36. The molecule has 0 saturated heterocycles. The first-order valence-corrected chi connectivity index (χ1v) is 10.4. The predicted molar refractivity (Wildman–Crippen MR) is 121 cm³/mol. The first kappa shape index (κ1) is 25.3. The summed E-state index contributed by atoms with van der Waals surface area (Å²) in [5, 5.41) is 5.24. The van der Waals surface area contributed by atoms with E-state index in [1.54, 1.807) is 31.2 Å². The second-order valence-electron chi connectivity index (χ2n) is 7.04. The summed E-state index contributed by atoms with van der Waals surface area (Å²) in [4.78, 5) is 58.6. The van der Waals surface area contributed by atoms with Crippen LogP contribution >= 0.6 is 0 Å². The van der Waals surface area contributed by atoms with Crippen molar-refractivity contribution in [3.05, 3.63) is 59.7 Å². The van der Waals surface area contributed by atoms with Gasteiger partial charge in [0.2, 0.25) is 5.91 Å². The minimum atomic E-state index is -0.596. The number of amides is 2. The Hall–Kier alpha value is -4.01. The molecular weight excluding hydrogens is 428 g/mol. The summed E-state index contributed by atoms with van der Waals surface area (Å²) >= 11 is 0. The second kappa shape index (κ2) is 12.7. The van der Waals surface area contributed by atoms with Crippen molar-refractivity contribution in [2.75, 3.05) is 23.8 Å². The number of anilines is 2. The van der Waals surface area contributed by atoms with Gasteiger partial charge in [-0.3, -0.25) is 19.2 Å². The van der Waals surface area contributed by atoms with Crippen LogP contribution in [0.3, 0.4) is 0 Å². The van der Waals surface area contributed by atoms with Crippen LogP contribution in [-0.4, -0.2) is 42.7 Å². The third-order valence-corrected chi connectivity index (χ3v) is 4.40. The molecule has 0 spiro atoms. The molecule has 0 aliphatic carbocycles. The fraction of sp³-hybridized carbons (Fsp3) is 0.292. The molecule has 0 fully saturated rings. The summed E-state index contributed by atoms with van der Waals surface area (Å²) in [5.74, 6) is -1.92. The molecule has 0 unspecified atom stereocenters. The smallest absolute Gasteiger partial charge is 0.338 e. The van der Waals surface area contributed by atoms with Gasteiger partial charge in [0.05, 0.1) is 12.2 Å². The standard InChI is InChI=1S/C24H26N2O7/c1-3-32-24(31)18-9-13-20(14-10-18)26-22(29)15-33-23(30)6-4-5-21(28)25-19-11-7-17(8-12-19)16(2)27/h7-14H,3-6,15H2,1-2H3,(H,25,28)(H,26,29). The van der Waals surface area contributed by atoms with Crippen LogP contribution < -0.4 is 10.6 Å². The summed E-state index contributed by atoms with van der Waals surface area (Å²) in [7, 11) is 0. The number of carbonyl (C=O) groups is 5. The van der Waals surface area contributed by atoms with Gasteiger partial charge in [-0.15, -0.1) is 0 Å². The monoisotopic (exact) mass is 454 g/mol. The Bertz CT molecular complexity index is 998. The molecule has 0 heterocycles. The van der Waals surface area contributed by atoms with E-state index < -0.39 is 24.5 Å². The Kier molecular flexibility index (Phi) is 9.76. The molecule has 2 N–H and O–H groups in total. The maximum atomic E-state index is 12.0. The number of ether oxygens (including phenoxy) is 2. The van der Waals surface area contributed by atoms with Crippen LogP contribution in [0.2, 0.25) is 0 Å². The van der Waals surface area contributed by atoms with Gasteiger partial charge >= 0.3 is 11.9 Å². The minimum Gasteiger partial charge on any atom is -0.462 e. The molecule has 9 heteroatoms. The van der Waals surface area contributed by atoms with E-state index in [4.69, 9.17) is 9.47 Å². The van der Waals surface area contributed by atoms with Gasteiger partial charge in [0.25, 0.3) is 5.91 Å². The number of nitrogens with one attached hydrogen (secondary N) is 2. The fourth-order valence-corrected chi connectivity index (χ4v) is 2.72. The Morgan fingerprint density at radius 2 is 1.27 bits per heavy atom. The lowest BCUT2D eigenvalue weighted by molar-refractivity contribution is -0.147. The van der Waals surface area contributed by atoms with Gasteiger partial charge in [0.15, 0.2) is 12.4 Å². The summed E-state index contributed by atoms with van der Waals surface area (Å²) in [6, 6.07) is 12.6. The summed E-state index contributed by atoms with van der Waals surface area (Å²) < 4.78 is 9.80. The van der Waals surface area contributed by atoms with Gasteiger partial charge in [0, 0.05) is 29.8 Å². The lowest BCUT2D eigenvalue weighted by atomic mass is 10.1. The van der Waals surface area contributed by atoms with Crippen LogP contribution in [0.5, 0.6) is 0 Å². The Balaban J connectivity index is 1.65. The lowest BCUT2D eigenvalue weighted by Crippen LogP contribution is -2.21. The lowest BCUT2D eigenvalue weighted by Gasteiger charge is -2.08. The summed E-state index contributed by atoms with van der Waals surface area (Å²) in [6.45, 7) is 2.97. The largest absolute Gasteiger partial charge is 0.462 e. The molecule has 2 aromatic rings. The van der Waals surface area contributed by atoms with E-state index >= 15 is 0 Å². The molecule has 2 amide bonds. The highest BCUT2D eigenvalue weighted by Gasteiger charge is 2.11. The van der Waals surface area contributed by atoms with E-state index in [0.29, 0.717) is 22.5 Å². The van der Waals surface area contributed by atoms with Crippen LogP contribution in [-0.2, 0) is 23.9 Å². The van der Waals surface area contributed by atoms with Gasteiger partial charge in [-0.25, -0.2) is 4.79 Å². The van der Waals surface area contributed by atoms with Crippen LogP contribution in [0.25, 0.3) is 0 Å². The zero-order valence-electron chi connectivity index (χ0n) is 18.5. The zero-order chi connectivity index (χ0) is 24.2. The van der Waals surface area contributed by atoms with Crippen LogP contribution in [0.1, 0.15) is 53.8 Å². The quantitative estimate of drug-likeness (QED) is 0.394. The van der Waals surface area contributed by atoms with Crippen LogP contribution in [0, 0.1) is 0 Å². The van der Waals surface area contributed by atoms with Crippen molar-refractivity contribution in [3.8, 4) is 0 Å². The summed E-state index contributed by atoms with van der Waals surface area (Å²) in [6.07, 6.45) is 0.341. The molecule has 2 rings (SSSR count). The summed E-state index contributed by atoms with van der Waals surface area (Å²) in [5.41, 5.74) is 1.91. The van der Waals surface area contributed by atoms with Gasteiger partial charge in [0.1, 0.15) is 0 Å². The van der Waals surface area contributed by atoms with Crippen molar-refractivity contribution in [1.82, 2.24) is 0 Å². The van der Waals surface area contributed by atoms with E-state index in [9.17, 15) is 24.0 Å². The molecule has 9 nitrogen and oxygen atoms in total. The normalized spacial score (nSPS) is 10.1. The van der Waals surface area contributed by atoms with Crippen molar-refractivity contribution >= 4 is 40.9 Å². The number of rotatable bonds is 11. The molecule has 174 valence electrons. The molecule has 0 radical (unpaired) electrons. The highest BCUT2D eigenvalue weighted by molar-refractivity contribution is 5.96. The van der Waals surface area contributed by atoms with Crippen LogP contribution in [0.15, 0.2) is 48.5 Å². The van der Waals surface area contributed by atoms with Gasteiger partial charge < -0.3 is 20.1 Å². The highest BCUT2D eigenvalue weighted by atomic mass is 16.5. The number of carbonyl (C=O) groups excluding carboxylic acids is 5. The highest BCUT2D eigenvalue weighted by Crippen LogP contribution is 2.12. The average molecular weight is 454 g/mol. The van der Waals surface area contributed by atoms with Gasteiger partial charge in [-0.1, -0.05) is 0 Å².